The lowest BCUT2D eigenvalue weighted by Gasteiger charge is -2.32. The molecule has 0 spiro atoms. The average molecular weight is 239 g/mol. The highest BCUT2D eigenvalue weighted by atomic mass is 15.2. The molecule has 3 nitrogen and oxygen atoms in total. The maximum atomic E-state index is 3.75. The highest BCUT2D eigenvalue weighted by Crippen LogP contribution is 2.25. The second-order valence-electron chi connectivity index (χ2n) is 5.75. The van der Waals surface area contributed by atoms with Crippen molar-refractivity contribution in [3.05, 3.63) is 0 Å². The molecule has 2 unspecified atom stereocenters. The van der Waals surface area contributed by atoms with Gasteiger partial charge in [0.1, 0.15) is 0 Å². The minimum absolute atomic E-state index is 0.762. The minimum Gasteiger partial charge on any atom is -0.312 e. The van der Waals surface area contributed by atoms with E-state index in [2.05, 4.69) is 29.1 Å². The molecule has 2 rings (SSSR count). The topological polar surface area (TPSA) is 18.5 Å². The van der Waals surface area contributed by atoms with Gasteiger partial charge >= 0.3 is 0 Å². The molecule has 0 bridgehead atoms. The maximum Gasteiger partial charge on any atom is 0.0249 e. The molecular formula is C14H29N3. The van der Waals surface area contributed by atoms with Gasteiger partial charge in [0.2, 0.25) is 0 Å². The lowest BCUT2D eigenvalue weighted by atomic mass is 10.1. The Hall–Kier alpha value is -0.120. The van der Waals surface area contributed by atoms with E-state index in [0.717, 1.165) is 12.1 Å². The molecule has 0 aromatic carbocycles. The summed E-state index contributed by atoms with van der Waals surface area (Å²) in [7, 11) is 2.25. The average Bonchev–Trinajstić information content (AvgIpc) is 2.69. The van der Waals surface area contributed by atoms with Crippen molar-refractivity contribution in [2.45, 2.75) is 51.1 Å². The van der Waals surface area contributed by atoms with E-state index in [4.69, 9.17) is 0 Å². The van der Waals surface area contributed by atoms with Gasteiger partial charge in [0.15, 0.2) is 0 Å². The van der Waals surface area contributed by atoms with Gasteiger partial charge in [0, 0.05) is 25.2 Å². The van der Waals surface area contributed by atoms with Crippen molar-refractivity contribution in [2.75, 3.05) is 39.8 Å². The van der Waals surface area contributed by atoms with Crippen LogP contribution < -0.4 is 5.32 Å². The van der Waals surface area contributed by atoms with Crippen molar-refractivity contribution in [3.8, 4) is 0 Å². The van der Waals surface area contributed by atoms with E-state index in [0.29, 0.717) is 0 Å². The SMILES string of the molecule is CCCNC1CCCC1N1CCCN(C)CC1. The molecule has 100 valence electrons. The lowest BCUT2D eigenvalue weighted by Crippen LogP contribution is -2.48. The van der Waals surface area contributed by atoms with E-state index in [9.17, 15) is 0 Å². The van der Waals surface area contributed by atoms with Gasteiger partial charge in [-0.15, -0.1) is 0 Å². The van der Waals surface area contributed by atoms with Crippen molar-refractivity contribution < 1.29 is 0 Å². The highest BCUT2D eigenvalue weighted by molar-refractivity contribution is 4.91. The lowest BCUT2D eigenvalue weighted by molar-refractivity contribution is 0.178. The van der Waals surface area contributed by atoms with Crippen LogP contribution in [0.25, 0.3) is 0 Å². The molecule has 0 aromatic rings. The summed E-state index contributed by atoms with van der Waals surface area (Å²) in [5.41, 5.74) is 0. The number of nitrogens with one attached hydrogen (secondary N) is 1. The second kappa shape index (κ2) is 6.72. The predicted octanol–water partition coefficient (Wildman–Crippen LogP) is 1.54. The molecule has 0 amide bonds. The standard InChI is InChI=1S/C14H29N3/c1-3-8-15-13-6-4-7-14(13)17-10-5-9-16(2)11-12-17/h13-15H,3-12H2,1-2H3. The summed E-state index contributed by atoms with van der Waals surface area (Å²) in [5.74, 6) is 0. The third kappa shape index (κ3) is 3.67. The highest BCUT2D eigenvalue weighted by Gasteiger charge is 2.31. The Labute approximate surface area is 107 Å². The normalized spacial score (nSPS) is 32.8. The molecule has 1 heterocycles. The maximum absolute atomic E-state index is 3.75. The molecule has 2 aliphatic rings. The molecule has 17 heavy (non-hydrogen) atoms. The third-order valence-electron chi connectivity index (χ3n) is 4.36. The molecule has 2 fully saturated rings. The van der Waals surface area contributed by atoms with E-state index in [1.165, 1.54) is 64.8 Å². The zero-order valence-corrected chi connectivity index (χ0v) is 11.6. The fourth-order valence-electron chi connectivity index (χ4n) is 3.34. The first-order chi connectivity index (χ1) is 8.31. The first-order valence-electron chi connectivity index (χ1n) is 7.47. The number of likely N-dealkylation sites (N-methyl/N-ethyl adjacent to an activating group) is 1. The fraction of sp³-hybridized carbons (Fsp3) is 1.00. The first-order valence-corrected chi connectivity index (χ1v) is 7.47. The summed E-state index contributed by atoms with van der Waals surface area (Å²) in [6.45, 7) is 8.55. The Morgan fingerprint density at radius 2 is 1.94 bits per heavy atom. The molecule has 1 aliphatic heterocycles. The van der Waals surface area contributed by atoms with Crippen LogP contribution in [-0.2, 0) is 0 Å². The molecule has 1 N–H and O–H groups in total. The Bertz CT molecular complexity index is 220. The second-order valence-corrected chi connectivity index (χ2v) is 5.75. The molecule has 3 heteroatoms. The Morgan fingerprint density at radius 3 is 2.76 bits per heavy atom. The molecule has 2 atom stereocenters. The van der Waals surface area contributed by atoms with Gasteiger partial charge in [-0.2, -0.15) is 0 Å². The largest absolute Gasteiger partial charge is 0.312 e. The molecule has 0 aromatic heterocycles. The van der Waals surface area contributed by atoms with E-state index >= 15 is 0 Å². The van der Waals surface area contributed by atoms with Crippen molar-refractivity contribution in [2.24, 2.45) is 0 Å². The Balaban J connectivity index is 1.86. The minimum atomic E-state index is 0.762. The van der Waals surface area contributed by atoms with Crippen LogP contribution in [0.4, 0.5) is 0 Å². The summed E-state index contributed by atoms with van der Waals surface area (Å²) in [6.07, 6.45) is 6.81. The first kappa shape index (κ1) is 13.3. The van der Waals surface area contributed by atoms with Crippen LogP contribution in [0.1, 0.15) is 39.0 Å². The molecule has 1 saturated carbocycles. The molecule has 1 aliphatic carbocycles. The van der Waals surface area contributed by atoms with Crippen LogP contribution in [0.3, 0.4) is 0 Å². The van der Waals surface area contributed by atoms with Gasteiger partial charge < -0.3 is 10.2 Å². The number of hydrogen-bond acceptors (Lipinski definition) is 3. The smallest absolute Gasteiger partial charge is 0.0249 e. The molecule has 1 saturated heterocycles. The fourth-order valence-corrected chi connectivity index (χ4v) is 3.34. The van der Waals surface area contributed by atoms with Crippen molar-refractivity contribution >= 4 is 0 Å². The molecular weight excluding hydrogens is 210 g/mol. The van der Waals surface area contributed by atoms with Gasteiger partial charge in [-0.25, -0.2) is 0 Å². The van der Waals surface area contributed by atoms with Gasteiger partial charge in [-0.05, 0) is 52.4 Å². The Morgan fingerprint density at radius 1 is 1.06 bits per heavy atom. The monoisotopic (exact) mass is 239 g/mol. The summed E-state index contributed by atoms with van der Waals surface area (Å²) < 4.78 is 0. The van der Waals surface area contributed by atoms with Crippen molar-refractivity contribution in [3.63, 3.8) is 0 Å². The summed E-state index contributed by atoms with van der Waals surface area (Å²) >= 11 is 0. The quantitative estimate of drug-likeness (QED) is 0.803. The molecule has 0 radical (unpaired) electrons. The zero-order valence-electron chi connectivity index (χ0n) is 11.6. The van der Waals surface area contributed by atoms with Crippen molar-refractivity contribution in [1.82, 2.24) is 15.1 Å². The number of nitrogens with zero attached hydrogens (tertiary/aromatic N) is 2. The van der Waals surface area contributed by atoms with E-state index in [-0.39, 0.29) is 0 Å². The van der Waals surface area contributed by atoms with Gasteiger partial charge in [-0.1, -0.05) is 13.3 Å². The van der Waals surface area contributed by atoms with Crippen LogP contribution in [0.5, 0.6) is 0 Å². The van der Waals surface area contributed by atoms with E-state index < -0.39 is 0 Å². The number of hydrogen-bond donors (Lipinski definition) is 1. The van der Waals surface area contributed by atoms with Crippen LogP contribution in [0.15, 0.2) is 0 Å². The number of rotatable bonds is 4. The summed E-state index contributed by atoms with van der Waals surface area (Å²) in [5, 5.41) is 3.75. The van der Waals surface area contributed by atoms with Crippen LogP contribution in [-0.4, -0.2) is 61.7 Å². The zero-order chi connectivity index (χ0) is 12.1. The predicted molar refractivity (Wildman–Crippen MR) is 73.4 cm³/mol. The summed E-state index contributed by atoms with van der Waals surface area (Å²) in [4.78, 5) is 5.23. The van der Waals surface area contributed by atoms with Gasteiger partial charge in [-0.3, -0.25) is 4.90 Å². The van der Waals surface area contributed by atoms with Gasteiger partial charge in [0.25, 0.3) is 0 Å². The van der Waals surface area contributed by atoms with E-state index in [1.54, 1.807) is 0 Å². The van der Waals surface area contributed by atoms with Crippen LogP contribution in [0.2, 0.25) is 0 Å². The Kier molecular flexibility index (Phi) is 5.26. The van der Waals surface area contributed by atoms with Gasteiger partial charge in [0.05, 0.1) is 0 Å². The van der Waals surface area contributed by atoms with Crippen molar-refractivity contribution in [1.29, 1.82) is 0 Å². The third-order valence-corrected chi connectivity index (χ3v) is 4.36. The van der Waals surface area contributed by atoms with Crippen LogP contribution in [0, 0.1) is 0 Å². The van der Waals surface area contributed by atoms with E-state index in [1.807, 2.05) is 0 Å². The summed E-state index contributed by atoms with van der Waals surface area (Å²) in [6, 6.07) is 1.58. The van der Waals surface area contributed by atoms with Crippen LogP contribution >= 0.6 is 0 Å².